The zero-order valence-corrected chi connectivity index (χ0v) is 13.1. The van der Waals surface area contributed by atoms with E-state index in [1.54, 1.807) is 14.0 Å². The molecule has 0 fully saturated rings. The summed E-state index contributed by atoms with van der Waals surface area (Å²) in [5.41, 5.74) is -1.26. The van der Waals surface area contributed by atoms with Crippen molar-refractivity contribution < 1.29 is 27.4 Å². The first-order chi connectivity index (χ1) is 10.9. The van der Waals surface area contributed by atoms with Gasteiger partial charge in [0.25, 0.3) is 0 Å². The number of anilines is 1. The van der Waals surface area contributed by atoms with E-state index in [1.807, 2.05) is 0 Å². The molecule has 0 aromatic heterocycles. The Morgan fingerprint density at radius 2 is 2.00 bits per heavy atom. The van der Waals surface area contributed by atoms with Gasteiger partial charge in [-0.1, -0.05) is 0 Å². The van der Waals surface area contributed by atoms with E-state index >= 15 is 0 Å². The van der Waals surface area contributed by atoms with Gasteiger partial charge in [-0.3, -0.25) is 0 Å². The van der Waals surface area contributed by atoms with E-state index in [1.165, 1.54) is 12.1 Å². The lowest BCUT2D eigenvalue weighted by molar-refractivity contribution is -0.137. The first-order valence-electron chi connectivity index (χ1n) is 7.26. The first kappa shape index (κ1) is 19.1. The molecular weight excluding hydrogens is 313 g/mol. The molecule has 0 atom stereocenters. The lowest BCUT2D eigenvalue weighted by Crippen LogP contribution is -2.30. The summed E-state index contributed by atoms with van der Waals surface area (Å²) in [5, 5.41) is 4.72. The number of urea groups is 1. The van der Waals surface area contributed by atoms with Gasteiger partial charge < -0.3 is 20.1 Å². The molecule has 1 aromatic carbocycles. The Hall–Kier alpha value is -1.96. The van der Waals surface area contributed by atoms with Crippen molar-refractivity contribution in [1.82, 2.24) is 5.32 Å². The fourth-order valence-electron chi connectivity index (χ4n) is 1.86. The van der Waals surface area contributed by atoms with Crippen molar-refractivity contribution in [2.75, 3.05) is 32.2 Å². The minimum absolute atomic E-state index is 0.102. The highest BCUT2D eigenvalue weighted by Gasteiger charge is 2.34. The highest BCUT2D eigenvalue weighted by molar-refractivity contribution is 5.90. The summed E-state index contributed by atoms with van der Waals surface area (Å²) < 4.78 is 49.1. The molecule has 130 valence electrons. The number of amides is 2. The molecule has 0 saturated heterocycles. The van der Waals surface area contributed by atoms with Crippen molar-refractivity contribution in [3.8, 4) is 5.75 Å². The Labute approximate surface area is 133 Å². The second kappa shape index (κ2) is 9.24. The SMILES string of the molecule is CCOc1ccc(NC(=O)NCCCCOC)c(C(F)(F)F)c1. The number of benzene rings is 1. The number of alkyl halides is 3. The van der Waals surface area contributed by atoms with Crippen LogP contribution >= 0.6 is 0 Å². The van der Waals surface area contributed by atoms with Crippen LogP contribution in [0.1, 0.15) is 25.3 Å². The lowest BCUT2D eigenvalue weighted by atomic mass is 10.1. The van der Waals surface area contributed by atoms with Crippen LogP contribution in [0.2, 0.25) is 0 Å². The molecule has 1 rings (SSSR count). The molecule has 0 bridgehead atoms. The Morgan fingerprint density at radius 1 is 1.26 bits per heavy atom. The quantitative estimate of drug-likeness (QED) is 0.714. The molecule has 1 aromatic rings. The van der Waals surface area contributed by atoms with Crippen molar-refractivity contribution >= 4 is 11.7 Å². The average molecular weight is 334 g/mol. The molecule has 0 spiro atoms. The molecule has 0 aliphatic rings. The molecule has 8 heteroatoms. The molecule has 0 aliphatic carbocycles. The number of unbranched alkanes of at least 4 members (excludes halogenated alkanes) is 1. The van der Waals surface area contributed by atoms with Crippen molar-refractivity contribution in [1.29, 1.82) is 0 Å². The number of rotatable bonds is 8. The zero-order valence-electron chi connectivity index (χ0n) is 13.1. The summed E-state index contributed by atoms with van der Waals surface area (Å²) >= 11 is 0. The molecule has 0 unspecified atom stereocenters. The molecule has 0 radical (unpaired) electrons. The number of methoxy groups -OCH3 is 1. The molecule has 2 amide bonds. The highest BCUT2D eigenvalue weighted by Crippen LogP contribution is 2.37. The fraction of sp³-hybridized carbons (Fsp3) is 0.533. The van der Waals surface area contributed by atoms with Crippen molar-refractivity contribution in [3.05, 3.63) is 23.8 Å². The molecule has 0 heterocycles. The number of halogens is 3. The van der Waals surface area contributed by atoms with Crippen LogP contribution in [-0.2, 0) is 10.9 Å². The van der Waals surface area contributed by atoms with Crippen LogP contribution < -0.4 is 15.4 Å². The average Bonchev–Trinajstić information content (AvgIpc) is 2.48. The van der Waals surface area contributed by atoms with Gasteiger partial charge in [0.1, 0.15) is 5.75 Å². The van der Waals surface area contributed by atoms with Crippen LogP contribution in [0.4, 0.5) is 23.7 Å². The van der Waals surface area contributed by atoms with Crippen molar-refractivity contribution in [2.24, 2.45) is 0 Å². The van der Waals surface area contributed by atoms with E-state index in [-0.39, 0.29) is 18.0 Å². The second-order valence-corrected chi connectivity index (χ2v) is 4.72. The van der Waals surface area contributed by atoms with E-state index < -0.39 is 17.8 Å². The zero-order chi connectivity index (χ0) is 17.3. The molecule has 2 N–H and O–H groups in total. The Bertz CT molecular complexity index is 507. The van der Waals surface area contributed by atoms with Gasteiger partial charge in [-0.25, -0.2) is 4.79 Å². The fourth-order valence-corrected chi connectivity index (χ4v) is 1.86. The Balaban J connectivity index is 2.69. The number of nitrogens with one attached hydrogen (secondary N) is 2. The third-order valence-electron chi connectivity index (χ3n) is 2.92. The van der Waals surface area contributed by atoms with E-state index in [2.05, 4.69) is 10.6 Å². The normalized spacial score (nSPS) is 11.2. The van der Waals surface area contributed by atoms with E-state index in [0.717, 1.165) is 12.5 Å². The second-order valence-electron chi connectivity index (χ2n) is 4.72. The predicted molar refractivity (Wildman–Crippen MR) is 80.7 cm³/mol. The Kier molecular flexibility index (Phi) is 7.67. The summed E-state index contributed by atoms with van der Waals surface area (Å²) in [6.45, 7) is 2.86. The van der Waals surface area contributed by atoms with Gasteiger partial charge in [0.2, 0.25) is 0 Å². The summed E-state index contributed by atoms with van der Waals surface area (Å²) in [6.07, 6.45) is -3.15. The molecule has 0 saturated carbocycles. The number of carbonyl (C=O) groups excluding carboxylic acids is 1. The highest BCUT2D eigenvalue weighted by atomic mass is 19.4. The van der Waals surface area contributed by atoms with Gasteiger partial charge in [0.15, 0.2) is 0 Å². The van der Waals surface area contributed by atoms with Gasteiger partial charge in [-0.15, -0.1) is 0 Å². The lowest BCUT2D eigenvalue weighted by Gasteiger charge is -2.16. The predicted octanol–water partition coefficient (Wildman–Crippen LogP) is 3.65. The maximum Gasteiger partial charge on any atom is 0.418 e. The van der Waals surface area contributed by atoms with Gasteiger partial charge >= 0.3 is 12.2 Å². The first-order valence-corrected chi connectivity index (χ1v) is 7.26. The minimum Gasteiger partial charge on any atom is -0.494 e. The van der Waals surface area contributed by atoms with Crippen molar-refractivity contribution in [2.45, 2.75) is 25.9 Å². The molecule has 0 aliphatic heterocycles. The van der Waals surface area contributed by atoms with Crippen LogP contribution in [0.3, 0.4) is 0 Å². The maximum absolute atomic E-state index is 13.1. The third-order valence-corrected chi connectivity index (χ3v) is 2.92. The van der Waals surface area contributed by atoms with E-state index in [9.17, 15) is 18.0 Å². The van der Waals surface area contributed by atoms with Crippen LogP contribution in [0.5, 0.6) is 5.75 Å². The monoisotopic (exact) mass is 334 g/mol. The minimum atomic E-state index is -4.59. The van der Waals surface area contributed by atoms with Crippen LogP contribution in [0, 0.1) is 0 Å². The summed E-state index contributed by atoms with van der Waals surface area (Å²) in [7, 11) is 1.57. The summed E-state index contributed by atoms with van der Waals surface area (Å²) in [5.74, 6) is 0.102. The summed E-state index contributed by atoms with van der Waals surface area (Å²) in [6, 6.07) is 2.75. The van der Waals surface area contributed by atoms with Crippen LogP contribution in [-0.4, -0.2) is 32.9 Å². The van der Waals surface area contributed by atoms with Crippen LogP contribution in [0.15, 0.2) is 18.2 Å². The molecular formula is C15H21F3N2O3. The number of hydrogen-bond donors (Lipinski definition) is 2. The number of hydrogen-bond acceptors (Lipinski definition) is 3. The number of carbonyl (C=O) groups is 1. The van der Waals surface area contributed by atoms with Gasteiger partial charge in [-0.2, -0.15) is 13.2 Å². The largest absolute Gasteiger partial charge is 0.494 e. The summed E-state index contributed by atoms with van der Waals surface area (Å²) in [4.78, 5) is 11.7. The van der Waals surface area contributed by atoms with Crippen LogP contribution in [0.25, 0.3) is 0 Å². The van der Waals surface area contributed by atoms with Gasteiger partial charge in [-0.05, 0) is 38.0 Å². The molecule has 5 nitrogen and oxygen atoms in total. The third kappa shape index (κ3) is 6.77. The van der Waals surface area contributed by atoms with E-state index in [0.29, 0.717) is 19.6 Å². The van der Waals surface area contributed by atoms with Gasteiger partial charge in [0, 0.05) is 20.3 Å². The van der Waals surface area contributed by atoms with E-state index in [4.69, 9.17) is 9.47 Å². The smallest absolute Gasteiger partial charge is 0.418 e. The maximum atomic E-state index is 13.1. The van der Waals surface area contributed by atoms with Crippen molar-refractivity contribution in [3.63, 3.8) is 0 Å². The van der Waals surface area contributed by atoms with Gasteiger partial charge in [0.05, 0.1) is 17.9 Å². The number of ether oxygens (including phenoxy) is 2. The molecule has 23 heavy (non-hydrogen) atoms. The topological polar surface area (TPSA) is 59.6 Å². The standard InChI is InChI=1S/C15H21F3N2O3/c1-3-23-11-6-7-13(12(10-11)15(16,17)18)20-14(21)19-8-4-5-9-22-2/h6-7,10H,3-5,8-9H2,1-2H3,(H2,19,20,21). The Morgan fingerprint density at radius 3 is 2.61 bits per heavy atom.